The molecule has 1 aromatic carbocycles. The molecule has 0 aliphatic heterocycles. The van der Waals surface area contributed by atoms with Gasteiger partial charge in [-0.2, -0.15) is 0 Å². The fourth-order valence-corrected chi connectivity index (χ4v) is 3.71. The van der Waals surface area contributed by atoms with E-state index in [1.165, 1.54) is 15.4 Å². The van der Waals surface area contributed by atoms with Gasteiger partial charge in [0.05, 0.1) is 5.75 Å². The summed E-state index contributed by atoms with van der Waals surface area (Å²) in [4.78, 5) is 0. The van der Waals surface area contributed by atoms with Crippen LogP contribution >= 0.6 is 0 Å². The summed E-state index contributed by atoms with van der Waals surface area (Å²) in [5.41, 5.74) is 2.89. The summed E-state index contributed by atoms with van der Waals surface area (Å²) in [5, 5.41) is 3.42. The minimum atomic E-state index is -3.13. The van der Waals surface area contributed by atoms with Crippen LogP contribution < -0.4 is 5.32 Å². The summed E-state index contributed by atoms with van der Waals surface area (Å²) >= 11 is 0. The lowest BCUT2D eigenvalue weighted by Crippen LogP contribution is -2.36. The Labute approximate surface area is 128 Å². The Bertz CT molecular complexity index is 594. The number of nitrogens with one attached hydrogen (secondary N) is 1. The Hall–Kier alpha value is -0.910. The van der Waals surface area contributed by atoms with Crippen molar-refractivity contribution in [1.29, 1.82) is 0 Å². The second-order valence-corrected chi connectivity index (χ2v) is 8.92. The molecule has 2 rings (SSSR count). The van der Waals surface area contributed by atoms with Gasteiger partial charge in [0.25, 0.3) is 0 Å². The largest absolute Gasteiger partial charge is 0.309 e. The standard InChI is InChI=1S/C16H26N2O2S/c1-16(2)10-9-15(13-7-5-6-8-14(13)16)17-11-12-21(19,20)18(3)4/h5-8,15,17H,9-12H2,1-4H3. The zero-order chi connectivity index (χ0) is 15.7. The van der Waals surface area contributed by atoms with Crippen molar-refractivity contribution in [2.75, 3.05) is 26.4 Å². The predicted molar refractivity (Wildman–Crippen MR) is 86.9 cm³/mol. The summed E-state index contributed by atoms with van der Waals surface area (Å²) in [6.45, 7) is 5.04. The predicted octanol–water partition coefficient (Wildman–Crippen LogP) is 2.28. The fraction of sp³-hybridized carbons (Fsp3) is 0.625. The molecule has 1 aliphatic rings. The van der Waals surface area contributed by atoms with Gasteiger partial charge in [-0.3, -0.25) is 0 Å². The summed E-state index contributed by atoms with van der Waals surface area (Å²) in [7, 11) is 0.0259. The number of benzene rings is 1. The van der Waals surface area contributed by atoms with Crippen LogP contribution in [0.4, 0.5) is 0 Å². The van der Waals surface area contributed by atoms with Crippen molar-refractivity contribution in [3.63, 3.8) is 0 Å². The molecule has 0 fully saturated rings. The topological polar surface area (TPSA) is 49.4 Å². The second-order valence-electron chi connectivity index (χ2n) is 6.61. The summed E-state index contributed by atoms with van der Waals surface area (Å²) < 4.78 is 24.9. The van der Waals surface area contributed by atoms with E-state index in [4.69, 9.17) is 0 Å². The zero-order valence-electron chi connectivity index (χ0n) is 13.4. The van der Waals surface area contributed by atoms with Crippen LogP contribution in [0.3, 0.4) is 0 Å². The van der Waals surface area contributed by atoms with Gasteiger partial charge in [0.15, 0.2) is 0 Å². The van der Waals surface area contributed by atoms with Gasteiger partial charge in [-0.25, -0.2) is 12.7 Å². The molecular weight excluding hydrogens is 284 g/mol. The van der Waals surface area contributed by atoms with Gasteiger partial charge in [-0.1, -0.05) is 38.1 Å². The van der Waals surface area contributed by atoms with Gasteiger partial charge in [0.1, 0.15) is 0 Å². The highest BCUT2D eigenvalue weighted by Crippen LogP contribution is 2.41. The maximum atomic E-state index is 11.8. The van der Waals surface area contributed by atoms with Crippen LogP contribution in [0.15, 0.2) is 24.3 Å². The van der Waals surface area contributed by atoms with E-state index in [-0.39, 0.29) is 17.2 Å². The Morgan fingerprint density at radius 2 is 1.95 bits per heavy atom. The van der Waals surface area contributed by atoms with E-state index in [0.29, 0.717) is 6.54 Å². The number of hydrogen-bond acceptors (Lipinski definition) is 3. The molecule has 0 amide bonds. The van der Waals surface area contributed by atoms with Gasteiger partial charge in [-0.15, -0.1) is 0 Å². The lowest BCUT2D eigenvalue weighted by Gasteiger charge is -2.37. The fourth-order valence-electron chi connectivity index (χ4n) is 2.97. The maximum Gasteiger partial charge on any atom is 0.214 e. The molecule has 0 saturated heterocycles. The molecule has 1 atom stereocenters. The average molecular weight is 310 g/mol. The Morgan fingerprint density at radius 3 is 2.62 bits per heavy atom. The lowest BCUT2D eigenvalue weighted by molar-refractivity contribution is 0.362. The Morgan fingerprint density at radius 1 is 1.29 bits per heavy atom. The van der Waals surface area contributed by atoms with E-state index in [9.17, 15) is 8.42 Å². The van der Waals surface area contributed by atoms with Crippen molar-refractivity contribution < 1.29 is 8.42 Å². The molecule has 0 spiro atoms. The number of rotatable bonds is 5. The van der Waals surface area contributed by atoms with Gasteiger partial charge < -0.3 is 5.32 Å². The van der Waals surface area contributed by atoms with E-state index in [1.54, 1.807) is 14.1 Å². The van der Waals surface area contributed by atoms with Crippen LogP contribution in [0.5, 0.6) is 0 Å². The highest BCUT2D eigenvalue weighted by Gasteiger charge is 2.32. The van der Waals surface area contributed by atoms with Crippen molar-refractivity contribution in [2.45, 2.75) is 38.1 Å². The van der Waals surface area contributed by atoms with Crippen LogP contribution in [0, 0.1) is 0 Å². The van der Waals surface area contributed by atoms with Crippen molar-refractivity contribution >= 4 is 10.0 Å². The van der Waals surface area contributed by atoms with Crippen molar-refractivity contribution in [2.24, 2.45) is 0 Å². The Kier molecular flexibility index (Phi) is 4.76. The third-order valence-electron chi connectivity index (χ3n) is 4.43. The summed E-state index contributed by atoms with van der Waals surface area (Å²) in [6.07, 6.45) is 2.16. The molecule has 118 valence electrons. The monoisotopic (exact) mass is 310 g/mol. The molecule has 0 saturated carbocycles. The third-order valence-corrected chi connectivity index (χ3v) is 6.26. The molecule has 1 unspecified atom stereocenters. The second kappa shape index (κ2) is 6.07. The molecular formula is C16H26N2O2S. The number of fused-ring (bicyclic) bond motifs is 1. The number of nitrogens with zero attached hydrogens (tertiary/aromatic N) is 1. The van der Waals surface area contributed by atoms with Crippen molar-refractivity contribution in [3.8, 4) is 0 Å². The van der Waals surface area contributed by atoms with E-state index in [2.05, 4.69) is 43.4 Å². The maximum absolute atomic E-state index is 11.8. The summed E-state index contributed by atoms with van der Waals surface area (Å²) in [6, 6.07) is 8.76. The first kappa shape index (κ1) is 16.5. The molecule has 5 heteroatoms. The van der Waals surface area contributed by atoms with E-state index in [0.717, 1.165) is 12.8 Å². The molecule has 1 N–H and O–H groups in total. The van der Waals surface area contributed by atoms with Crippen LogP contribution in [-0.4, -0.2) is 39.1 Å². The highest BCUT2D eigenvalue weighted by atomic mass is 32.2. The molecule has 4 nitrogen and oxygen atoms in total. The van der Waals surface area contributed by atoms with Crippen LogP contribution in [0.25, 0.3) is 0 Å². The van der Waals surface area contributed by atoms with Gasteiger partial charge >= 0.3 is 0 Å². The van der Waals surface area contributed by atoms with E-state index < -0.39 is 10.0 Å². The third kappa shape index (κ3) is 3.65. The minimum absolute atomic E-state index is 0.141. The first-order valence-corrected chi connectivity index (χ1v) is 9.08. The van der Waals surface area contributed by atoms with Crippen LogP contribution in [-0.2, 0) is 15.4 Å². The quantitative estimate of drug-likeness (QED) is 0.908. The first-order valence-electron chi connectivity index (χ1n) is 7.47. The number of hydrogen-bond donors (Lipinski definition) is 1. The van der Waals surface area contributed by atoms with Gasteiger partial charge in [-0.05, 0) is 29.4 Å². The summed E-state index contributed by atoms with van der Waals surface area (Å²) in [5.74, 6) is 0.141. The Balaban J connectivity index is 2.06. The molecule has 0 aromatic heterocycles. The molecule has 0 heterocycles. The van der Waals surface area contributed by atoms with E-state index >= 15 is 0 Å². The molecule has 0 radical (unpaired) electrons. The lowest BCUT2D eigenvalue weighted by atomic mass is 9.71. The molecule has 0 bridgehead atoms. The first-order chi connectivity index (χ1) is 9.74. The van der Waals surface area contributed by atoms with Crippen LogP contribution in [0.1, 0.15) is 43.9 Å². The van der Waals surface area contributed by atoms with Crippen LogP contribution in [0.2, 0.25) is 0 Å². The molecule has 1 aromatic rings. The van der Waals surface area contributed by atoms with Crippen molar-refractivity contribution in [1.82, 2.24) is 9.62 Å². The zero-order valence-corrected chi connectivity index (χ0v) is 14.2. The SMILES string of the molecule is CN(C)S(=O)(=O)CCNC1CCC(C)(C)c2ccccc21. The van der Waals surface area contributed by atoms with Gasteiger partial charge in [0.2, 0.25) is 10.0 Å². The molecule has 1 aliphatic carbocycles. The van der Waals surface area contributed by atoms with Gasteiger partial charge in [0, 0.05) is 26.7 Å². The highest BCUT2D eigenvalue weighted by molar-refractivity contribution is 7.89. The minimum Gasteiger partial charge on any atom is -0.309 e. The van der Waals surface area contributed by atoms with E-state index in [1.807, 2.05) is 0 Å². The number of sulfonamides is 1. The molecule has 21 heavy (non-hydrogen) atoms. The smallest absolute Gasteiger partial charge is 0.214 e. The van der Waals surface area contributed by atoms with Crippen molar-refractivity contribution in [3.05, 3.63) is 35.4 Å². The normalized spacial score (nSPS) is 21.3. The average Bonchev–Trinajstić information content (AvgIpc) is 2.41.